The van der Waals surface area contributed by atoms with Crippen LogP contribution in [0.15, 0.2) is 36.4 Å². The topological polar surface area (TPSA) is 38.7 Å². The largest absolute Gasteiger partial charge is 0.486 e. The van der Waals surface area contributed by atoms with Crippen LogP contribution in [0.25, 0.3) is 0 Å². The maximum absolute atomic E-state index is 9.77. The first kappa shape index (κ1) is 10.1. The van der Waals surface area contributed by atoms with Gasteiger partial charge in [0.2, 0.25) is 0 Å². The number of hydrogen-bond acceptors (Lipinski definition) is 3. The molecule has 0 saturated heterocycles. The van der Waals surface area contributed by atoms with Crippen molar-refractivity contribution in [2.45, 2.75) is 19.1 Å². The van der Waals surface area contributed by atoms with Gasteiger partial charge in [-0.15, -0.1) is 0 Å². The molecule has 2 unspecified atom stereocenters. The van der Waals surface area contributed by atoms with Gasteiger partial charge < -0.3 is 14.6 Å². The van der Waals surface area contributed by atoms with Gasteiger partial charge in [0.1, 0.15) is 12.7 Å². The summed E-state index contributed by atoms with van der Waals surface area (Å²) < 4.78 is 11.1. The molecule has 0 bridgehead atoms. The van der Waals surface area contributed by atoms with Crippen molar-refractivity contribution in [1.82, 2.24) is 0 Å². The van der Waals surface area contributed by atoms with E-state index in [1.807, 2.05) is 24.3 Å². The summed E-state index contributed by atoms with van der Waals surface area (Å²) in [6.07, 6.45) is -1.05. The van der Waals surface area contributed by atoms with Crippen molar-refractivity contribution in [1.29, 1.82) is 0 Å². The van der Waals surface area contributed by atoms with Crippen molar-refractivity contribution in [2.24, 2.45) is 0 Å². The maximum atomic E-state index is 9.77. The molecule has 3 nitrogen and oxygen atoms in total. The molecule has 1 heterocycles. The van der Waals surface area contributed by atoms with E-state index in [0.29, 0.717) is 17.9 Å². The van der Waals surface area contributed by atoms with Crippen LogP contribution >= 0.6 is 0 Å². The minimum atomic E-state index is -0.682. The second-order valence-electron chi connectivity index (χ2n) is 3.71. The highest BCUT2D eigenvalue weighted by atomic mass is 16.6. The van der Waals surface area contributed by atoms with Crippen LogP contribution < -0.4 is 9.47 Å². The molecule has 0 aromatic heterocycles. The Morgan fingerprint density at radius 3 is 2.80 bits per heavy atom. The van der Waals surface area contributed by atoms with Gasteiger partial charge in [-0.2, -0.15) is 0 Å². The predicted molar refractivity (Wildman–Crippen MR) is 57.2 cm³/mol. The molecule has 0 spiro atoms. The van der Waals surface area contributed by atoms with Crippen molar-refractivity contribution in [3.63, 3.8) is 0 Å². The van der Waals surface area contributed by atoms with E-state index in [-0.39, 0.29) is 6.10 Å². The molecule has 1 aliphatic heterocycles. The van der Waals surface area contributed by atoms with Crippen LogP contribution in [0.1, 0.15) is 6.92 Å². The number of benzene rings is 1. The zero-order chi connectivity index (χ0) is 10.8. The average Bonchev–Trinajstić information content (AvgIpc) is 2.27. The van der Waals surface area contributed by atoms with Crippen LogP contribution in [0.2, 0.25) is 0 Å². The molecule has 80 valence electrons. The van der Waals surface area contributed by atoms with E-state index >= 15 is 0 Å². The number of hydrogen-bond donors (Lipinski definition) is 1. The Labute approximate surface area is 88.9 Å². The van der Waals surface area contributed by atoms with Crippen LogP contribution in [-0.4, -0.2) is 23.9 Å². The normalized spacial score (nSPS) is 20.8. The Morgan fingerprint density at radius 1 is 1.47 bits per heavy atom. The number of aliphatic hydroxyl groups is 1. The predicted octanol–water partition coefficient (Wildman–Crippen LogP) is 1.76. The first-order valence-electron chi connectivity index (χ1n) is 4.90. The first-order chi connectivity index (χ1) is 7.18. The van der Waals surface area contributed by atoms with E-state index in [2.05, 4.69) is 6.58 Å². The number of ether oxygens (including phenoxy) is 2. The highest BCUT2D eigenvalue weighted by molar-refractivity contribution is 5.41. The molecule has 15 heavy (non-hydrogen) atoms. The van der Waals surface area contributed by atoms with Gasteiger partial charge in [0.25, 0.3) is 0 Å². The van der Waals surface area contributed by atoms with Crippen molar-refractivity contribution < 1.29 is 14.6 Å². The summed E-state index contributed by atoms with van der Waals surface area (Å²) in [4.78, 5) is 0. The van der Waals surface area contributed by atoms with Crippen LogP contribution in [0.5, 0.6) is 11.5 Å². The number of fused-ring (bicyclic) bond motifs is 1. The van der Waals surface area contributed by atoms with E-state index in [1.165, 1.54) is 0 Å². The molecule has 3 heteroatoms. The lowest BCUT2D eigenvalue weighted by atomic mass is 10.1. The second-order valence-corrected chi connectivity index (χ2v) is 3.71. The van der Waals surface area contributed by atoms with Crippen molar-refractivity contribution >= 4 is 0 Å². The van der Waals surface area contributed by atoms with E-state index in [9.17, 15) is 5.11 Å². The lowest BCUT2D eigenvalue weighted by molar-refractivity contribution is 0.00744. The van der Waals surface area contributed by atoms with E-state index in [4.69, 9.17) is 9.47 Å². The summed E-state index contributed by atoms with van der Waals surface area (Å²) >= 11 is 0. The van der Waals surface area contributed by atoms with Crippen LogP contribution in [0.3, 0.4) is 0 Å². The first-order valence-corrected chi connectivity index (χ1v) is 4.90. The molecule has 0 radical (unpaired) electrons. The monoisotopic (exact) mass is 206 g/mol. The number of para-hydroxylation sites is 2. The van der Waals surface area contributed by atoms with Crippen LogP contribution in [0.4, 0.5) is 0 Å². The van der Waals surface area contributed by atoms with Gasteiger partial charge in [0.05, 0.1) is 0 Å². The summed E-state index contributed by atoms with van der Waals surface area (Å²) in [5.41, 5.74) is 0.683. The summed E-state index contributed by atoms with van der Waals surface area (Å²) in [5, 5.41) is 9.77. The van der Waals surface area contributed by atoms with Gasteiger partial charge in [-0.1, -0.05) is 18.7 Å². The third-order valence-corrected chi connectivity index (χ3v) is 2.39. The third-order valence-electron chi connectivity index (χ3n) is 2.39. The zero-order valence-electron chi connectivity index (χ0n) is 8.64. The van der Waals surface area contributed by atoms with Crippen LogP contribution in [-0.2, 0) is 0 Å². The van der Waals surface area contributed by atoms with Gasteiger partial charge in [-0.05, 0) is 24.6 Å². The minimum absolute atomic E-state index is 0.352. The third kappa shape index (κ3) is 1.97. The smallest absolute Gasteiger partial charge is 0.162 e. The Balaban J connectivity index is 2.15. The quantitative estimate of drug-likeness (QED) is 0.749. The molecular formula is C12H14O3. The lowest BCUT2D eigenvalue weighted by Gasteiger charge is -2.29. The van der Waals surface area contributed by atoms with E-state index in [1.54, 1.807) is 6.92 Å². The summed E-state index contributed by atoms with van der Waals surface area (Å²) in [5.74, 6) is 1.40. The van der Waals surface area contributed by atoms with Crippen molar-refractivity contribution in [2.75, 3.05) is 6.61 Å². The SMILES string of the molecule is C=C(C)C(O)C1COc2ccccc2O1. The van der Waals surface area contributed by atoms with E-state index < -0.39 is 6.10 Å². The van der Waals surface area contributed by atoms with Crippen LogP contribution in [0, 0.1) is 0 Å². The fourth-order valence-corrected chi connectivity index (χ4v) is 1.51. The summed E-state index contributed by atoms with van der Waals surface area (Å²) in [7, 11) is 0. The standard InChI is InChI=1S/C12H14O3/c1-8(2)12(13)11-7-14-9-5-3-4-6-10(9)15-11/h3-6,11-13H,1,7H2,2H3. The average molecular weight is 206 g/mol. The molecule has 1 aromatic rings. The molecule has 0 amide bonds. The van der Waals surface area contributed by atoms with E-state index in [0.717, 1.165) is 5.75 Å². The summed E-state index contributed by atoms with van der Waals surface area (Å²) in [6.45, 7) is 5.83. The van der Waals surface area contributed by atoms with Gasteiger partial charge >= 0.3 is 0 Å². The Hall–Kier alpha value is -1.48. The second kappa shape index (κ2) is 3.95. The van der Waals surface area contributed by atoms with Gasteiger partial charge in [0.15, 0.2) is 17.6 Å². The fraction of sp³-hybridized carbons (Fsp3) is 0.333. The van der Waals surface area contributed by atoms with Gasteiger partial charge in [-0.3, -0.25) is 0 Å². The molecule has 2 atom stereocenters. The molecule has 1 aliphatic rings. The lowest BCUT2D eigenvalue weighted by Crippen LogP contribution is -2.40. The molecule has 0 aliphatic carbocycles. The fourth-order valence-electron chi connectivity index (χ4n) is 1.51. The molecular weight excluding hydrogens is 192 g/mol. The number of rotatable bonds is 2. The van der Waals surface area contributed by atoms with Gasteiger partial charge in [-0.25, -0.2) is 0 Å². The highest BCUT2D eigenvalue weighted by Crippen LogP contribution is 2.32. The van der Waals surface area contributed by atoms with Crippen molar-refractivity contribution in [3.05, 3.63) is 36.4 Å². The molecule has 0 saturated carbocycles. The Bertz CT molecular complexity index is 373. The molecule has 2 rings (SSSR count). The Kier molecular flexibility index (Phi) is 2.64. The molecule has 0 fully saturated rings. The zero-order valence-corrected chi connectivity index (χ0v) is 8.64. The number of aliphatic hydroxyl groups excluding tert-OH is 1. The maximum Gasteiger partial charge on any atom is 0.162 e. The molecule has 1 aromatic carbocycles. The summed E-state index contributed by atoms with van der Waals surface area (Å²) in [6, 6.07) is 7.43. The minimum Gasteiger partial charge on any atom is -0.486 e. The van der Waals surface area contributed by atoms with Gasteiger partial charge in [0, 0.05) is 0 Å². The van der Waals surface area contributed by atoms with Crippen molar-refractivity contribution in [3.8, 4) is 11.5 Å². The molecule has 1 N–H and O–H groups in total. The Morgan fingerprint density at radius 2 is 2.13 bits per heavy atom. The highest BCUT2D eigenvalue weighted by Gasteiger charge is 2.27.